The number of benzene rings is 2. The molecule has 1 atom stereocenters. The van der Waals surface area contributed by atoms with E-state index in [2.05, 4.69) is 15.0 Å². The molecule has 4 rings (SSSR count). The van der Waals surface area contributed by atoms with E-state index in [1.165, 1.54) is 13.0 Å². The van der Waals surface area contributed by atoms with Gasteiger partial charge in [0, 0.05) is 17.3 Å². The van der Waals surface area contributed by atoms with E-state index in [0.717, 1.165) is 0 Å². The molecule has 31 heavy (non-hydrogen) atoms. The number of nitrogens with one attached hydrogen (secondary N) is 2. The molecule has 0 bridgehead atoms. The van der Waals surface area contributed by atoms with Crippen LogP contribution in [0.3, 0.4) is 0 Å². The highest BCUT2D eigenvalue weighted by Gasteiger charge is 2.30. The number of aliphatic imine (C=N–C) groups is 1. The number of anilines is 1. The molecule has 2 aliphatic heterocycles. The van der Waals surface area contributed by atoms with Gasteiger partial charge >= 0.3 is 5.97 Å². The van der Waals surface area contributed by atoms with Gasteiger partial charge in [0.1, 0.15) is 25.6 Å². The summed E-state index contributed by atoms with van der Waals surface area (Å²) in [7, 11) is -3.70. The Kier molecular flexibility index (Phi) is 5.51. The van der Waals surface area contributed by atoms with Crippen molar-refractivity contribution in [3.63, 3.8) is 0 Å². The number of nitrogens with zero attached hydrogens (tertiary/aromatic N) is 1. The zero-order valence-electron chi connectivity index (χ0n) is 16.5. The fraction of sp³-hybridized carbons (Fsp3) is 0.250. The van der Waals surface area contributed by atoms with Gasteiger partial charge in [0.2, 0.25) is 0 Å². The summed E-state index contributed by atoms with van der Waals surface area (Å²) in [5, 5.41) is 2.64. The summed E-state index contributed by atoms with van der Waals surface area (Å²) in [4.78, 5) is 28.5. The Morgan fingerprint density at radius 2 is 1.90 bits per heavy atom. The number of sulfonamides is 1. The number of rotatable bonds is 5. The average molecular weight is 445 g/mol. The maximum atomic E-state index is 12.3. The number of carbonyl (C=O) groups is 2. The van der Waals surface area contributed by atoms with Crippen molar-refractivity contribution in [3.8, 4) is 11.5 Å². The SMILES string of the molecule is C[C@H](OC(=O)CN=C1NS(=O)(=O)c2ccccc21)C(=O)Nc1ccc2c(c1)OCCO2. The van der Waals surface area contributed by atoms with Gasteiger partial charge in [0.15, 0.2) is 17.6 Å². The third-order valence-electron chi connectivity index (χ3n) is 4.52. The maximum Gasteiger partial charge on any atom is 0.328 e. The van der Waals surface area contributed by atoms with Crippen molar-refractivity contribution in [3.05, 3.63) is 48.0 Å². The number of esters is 1. The van der Waals surface area contributed by atoms with E-state index in [1.54, 1.807) is 36.4 Å². The van der Waals surface area contributed by atoms with Crippen molar-refractivity contribution < 1.29 is 32.2 Å². The van der Waals surface area contributed by atoms with Crippen molar-refractivity contribution in [1.29, 1.82) is 0 Å². The van der Waals surface area contributed by atoms with Crippen molar-refractivity contribution >= 4 is 33.4 Å². The summed E-state index contributed by atoms with van der Waals surface area (Å²) >= 11 is 0. The number of ether oxygens (including phenoxy) is 3. The zero-order valence-corrected chi connectivity index (χ0v) is 17.3. The first kappa shape index (κ1) is 20.7. The van der Waals surface area contributed by atoms with Gasteiger partial charge in [-0.3, -0.25) is 19.3 Å². The van der Waals surface area contributed by atoms with Crippen LogP contribution in [0.1, 0.15) is 12.5 Å². The van der Waals surface area contributed by atoms with Gasteiger partial charge in [-0.15, -0.1) is 0 Å². The van der Waals surface area contributed by atoms with Crippen molar-refractivity contribution in [2.45, 2.75) is 17.9 Å². The van der Waals surface area contributed by atoms with E-state index >= 15 is 0 Å². The lowest BCUT2D eigenvalue weighted by Gasteiger charge is -2.19. The summed E-state index contributed by atoms with van der Waals surface area (Å²) < 4.78 is 42.4. The molecule has 0 spiro atoms. The molecule has 2 N–H and O–H groups in total. The minimum atomic E-state index is -3.70. The minimum Gasteiger partial charge on any atom is -0.486 e. The summed E-state index contributed by atoms with van der Waals surface area (Å²) in [6.45, 7) is 1.85. The summed E-state index contributed by atoms with van der Waals surface area (Å²) in [5.41, 5.74) is 0.842. The highest BCUT2D eigenvalue weighted by atomic mass is 32.2. The quantitative estimate of drug-likeness (QED) is 0.658. The van der Waals surface area contributed by atoms with Gasteiger partial charge in [0.25, 0.3) is 15.9 Å². The second-order valence-corrected chi connectivity index (χ2v) is 8.40. The van der Waals surface area contributed by atoms with E-state index in [-0.39, 0.29) is 10.7 Å². The lowest BCUT2D eigenvalue weighted by Crippen LogP contribution is -2.31. The third kappa shape index (κ3) is 4.45. The largest absolute Gasteiger partial charge is 0.486 e. The summed E-state index contributed by atoms with van der Waals surface area (Å²) in [6, 6.07) is 11.2. The van der Waals surface area contributed by atoms with Crippen LogP contribution in [0.25, 0.3) is 0 Å². The Bertz CT molecular complexity index is 1180. The molecule has 0 unspecified atom stereocenters. The fourth-order valence-electron chi connectivity index (χ4n) is 3.05. The molecular weight excluding hydrogens is 426 g/mol. The summed E-state index contributed by atoms with van der Waals surface area (Å²) in [6.07, 6.45) is -1.09. The number of amidine groups is 1. The molecule has 0 aliphatic carbocycles. The highest BCUT2D eigenvalue weighted by molar-refractivity contribution is 7.90. The Balaban J connectivity index is 1.35. The molecule has 0 saturated carbocycles. The molecule has 11 heteroatoms. The Morgan fingerprint density at radius 3 is 2.71 bits per heavy atom. The predicted molar refractivity (Wildman–Crippen MR) is 110 cm³/mol. The molecule has 2 aromatic carbocycles. The molecular formula is C20H19N3O7S. The number of amides is 1. The number of hydrogen-bond acceptors (Lipinski definition) is 8. The van der Waals surface area contributed by atoms with Crippen LogP contribution in [0.2, 0.25) is 0 Å². The lowest BCUT2D eigenvalue weighted by molar-refractivity contribution is -0.151. The van der Waals surface area contributed by atoms with Gasteiger partial charge in [-0.2, -0.15) is 0 Å². The van der Waals surface area contributed by atoms with Gasteiger partial charge in [-0.1, -0.05) is 12.1 Å². The van der Waals surface area contributed by atoms with Crippen LogP contribution in [0.15, 0.2) is 52.4 Å². The van der Waals surface area contributed by atoms with Gasteiger partial charge in [-0.25, -0.2) is 8.42 Å². The van der Waals surface area contributed by atoms with E-state index in [1.807, 2.05) is 0 Å². The molecule has 2 aromatic rings. The first-order valence-electron chi connectivity index (χ1n) is 9.40. The third-order valence-corrected chi connectivity index (χ3v) is 5.91. The van der Waals surface area contributed by atoms with Crippen molar-refractivity contribution in [1.82, 2.24) is 4.72 Å². The number of carbonyl (C=O) groups excluding carboxylic acids is 2. The second kappa shape index (κ2) is 8.26. The van der Waals surface area contributed by atoms with Crippen LogP contribution < -0.4 is 19.5 Å². The van der Waals surface area contributed by atoms with Gasteiger partial charge < -0.3 is 19.5 Å². The normalized spacial score (nSPS) is 17.9. The van der Waals surface area contributed by atoms with E-state index in [9.17, 15) is 18.0 Å². The molecule has 0 aromatic heterocycles. The lowest BCUT2D eigenvalue weighted by atomic mass is 10.2. The molecule has 0 fully saturated rings. The number of hydrogen-bond donors (Lipinski definition) is 2. The average Bonchev–Trinajstić information content (AvgIpc) is 3.02. The molecule has 10 nitrogen and oxygen atoms in total. The van der Waals surface area contributed by atoms with Gasteiger partial charge in [0.05, 0.1) is 4.90 Å². The molecule has 0 radical (unpaired) electrons. The first-order chi connectivity index (χ1) is 14.8. The highest BCUT2D eigenvalue weighted by Crippen LogP contribution is 2.32. The Labute approximate surface area is 178 Å². The maximum absolute atomic E-state index is 12.3. The Hall–Kier alpha value is -3.60. The molecule has 0 saturated heterocycles. The van der Waals surface area contributed by atoms with E-state index in [4.69, 9.17) is 14.2 Å². The first-order valence-corrected chi connectivity index (χ1v) is 10.9. The summed E-state index contributed by atoms with van der Waals surface area (Å²) in [5.74, 6) is -0.151. The molecule has 162 valence electrons. The Morgan fingerprint density at radius 1 is 1.16 bits per heavy atom. The molecule has 2 heterocycles. The monoisotopic (exact) mass is 445 g/mol. The molecule has 1 amide bonds. The van der Waals surface area contributed by atoms with E-state index < -0.39 is 34.5 Å². The fourth-order valence-corrected chi connectivity index (χ4v) is 4.30. The zero-order chi connectivity index (χ0) is 22.0. The smallest absolute Gasteiger partial charge is 0.328 e. The van der Waals surface area contributed by atoms with Crippen molar-refractivity contribution in [2.24, 2.45) is 4.99 Å². The van der Waals surface area contributed by atoms with Crippen LogP contribution >= 0.6 is 0 Å². The van der Waals surface area contributed by atoms with Gasteiger partial charge in [-0.05, 0) is 31.2 Å². The number of fused-ring (bicyclic) bond motifs is 2. The van der Waals surface area contributed by atoms with Crippen molar-refractivity contribution in [2.75, 3.05) is 25.1 Å². The molecule has 2 aliphatic rings. The van der Waals surface area contributed by atoms with Crippen LogP contribution in [0.4, 0.5) is 5.69 Å². The van der Waals surface area contributed by atoms with Crippen LogP contribution in [0, 0.1) is 0 Å². The topological polar surface area (TPSA) is 132 Å². The van der Waals surface area contributed by atoms with E-state index in [0.29, 0.717) is 36.0 Å². The second-order valence-electron chi connectivity index (χ2n) is 6.75. The van der Waals surface area contributed by atoms with Crippen LogP contribution in [-0.2, 0) is 24.3 Å². The minimum absolute atomic E-state index is 0.0564. The van der Waals surface area contributed by atoms with Crippen LogP contribution in [0.5, 0.6) is 11.5 Å². The van der Waals surface area contributed by atoms with Crippen LogP contribution in [-0.4, -0.2) is 52.0 Å². The predicted octanol–water partition coefficient (Wildman–Crippen LogP) is 1.07. The standard InChI is InChI=1S/C20H19N3O7S/c1-12(20(25)22-13-6-7-15-16(10-13)29-9-8-28-15)30-18(24)11-21-19-14-4-2-3-5-17(14)31(26,27)23-19/h2-7,10,12H,8-9,11H2,1H3,(H,21,23)(H,22,25)/t12-/m0/s1.